The van der Waals surface area contributed by atoms with E-state index in [-0.39, 0.29) is 12.0 Å². The number of methoxy groups -OCH3 is 1. The average molecular weight is 347 g/mol. The van der Waals surface area contributed by atoms with E-state index in [1.165, 1.54) is 13.2 Å². The van der Waals surface area contributed by atoms with Gasteiger partial charge >= 0.3 is 5.97 Å². The maximum Gasteiger partial charge on any atom is 0.328 e. The molecule has 0 heterocycles. The highest BCUT2D eigenvalue weighted by molar-refractivity contribution is 5.85. The summed E-state index contributed by atoms with van der Waals surface area (Å²) < 4.78 is 32.0. The Morgan fingerprint density at radius 3 is 2.36 bits per heavy atom. The fourth-order valence-corrected chi connectivity index (χ4v) is 2.52. The molecule has 1 amide bonds. The number of esters is 1. The van der Waals surface area contributed by atoms with E-state index in [1.807, 2.05) is 31.2 Å². The van der Waals surface area contributed by atoms with Gasteiger partial charge in [-0.3, -0.25) is 4.79 Å². The van der Waals surface area contributed by atoms with Crippen LogP contribution in [0.5, 0.6) is 0 Å². The number of hydrogen-bond acceptors (Lipinski definition) is 3. The predicted octanol–water partition coefficient (Wildman–Crippen LogP) is 2.72. The zero-order valence-corrected chi connectivity index (χ0v) is 14.0. The monoisotopic (exact) mass is 347 g/mol. The minimum atomic E-state index is -0.936. The summed E-state index contributed by atoms with van der Waals surface area (Å²) in [7, 11) is 1.22. The second kappa shape index (κ2) is 8.37. The molecule has 0 aliphatic carbocycles. The Morgan fingerprint density at radius 2 is 1.76 bits per heavy atom. The number of halogens is 2. The van der Waals surface area contributed by atoms with Gasteiger partial charge in [0.25, 0.3) is 0 Å². The SMILES string of the molecule is COC(=O)[C@H](Cc1cccc(C)c1)NC(=O)Cc1c(F)cccc1F. The normalized spacial score (nSPS) is 11.7. The van der Waals surface area contributed by atoms with Crippen LogP contribution in [-0.4, -0.2) is 25.0 Å². The third kappa shape index (κ3) is 5.11. The zero-order valence-electron chi connectivity index (χ0n) is 14.0. The van der Waals surface area contributed by atoms with Crippen LogP contribution in [0.4, 0.5) is 8.78 Å². The molecule has 1 atom stereocenters. The smallest absolute Gasteiger partial charge is 0.328 e. The molecule has 25 heavy (non-hydrogen) atoms. The first kappa shape index (κ1) is 18.6. The topological polar surface area (TPSA) is 55.4 Å². The molecule has 0 saturated heterocycles. The van der Waals surface area contributed by atoms with Crippen molar-refractivity contribution in [2.45, 2.75) is 25.8 Å². The molecule has 2 aromatic rings. The molecule has 2 rings (SSSR count). The molecule has 0 aromatic heterocycles. The number of nitrogens with one attached hydrogen (secondary N) is 1. The molecule has 4 nitrogen and oxygen atoms in total. The lowest BCUT2D eigenvalue weighted by Gasteiger charge is -2.17. The van der Waals surface area contributed by atoms with Gasteiger partial charge in [0.15, 0.2) is 0 Å². The molecule has 0 saturated carbocycles. The Balaban J connectivity index is 2.11. The molecular formula is C19H19F2NO3. The van der Waals surface area contributed by atoms with Crippen LogP contribution in [0, 0.1) is 18.6 Å². The lowest BCUT2D eigenvalue weighted by Crippen LogP contribution is -2.43. The maximum atomic E-state index is 13.7. The molecule has 0 aliphatic rings. The van der Waals surface area contributed by atoms with Crippen LogP contribution in [-0.2, 0) is 27.2 Å². The molecule has 0 radical (unpaired) electrons. The van der Waals surface area contributed by atoms with Crippen LogP contribution in [0.3, 0.4) is 0 Å². The number of aryl methyl sites for hydroxylation is 1. The highest BCUT2D eigenvalue weighted by atomic mass is 19.1. The van der Waals surface area contributed by atoms with E-state index in [1.54, 1.807) is 0 Å². The van der Waals surface area contributed by atoms with Crippen LogP contribution in [0.25, 0.3) is 0 Å². The summed E-state index contributed by atoms with van der Waals surface area (Å²) in [5.41, 5.74) is 1.52. The first-order valence-electron chi connectivity index (χ1n) is 7.76. The van der Waals surface area contributed by atoms with Crippen molar-refractivity contribution in [2.24, 2.45) is 0 Å². The summed E-state index contributed by atoms with van der Waals surface area (Å²) in [6.07, 6.45) is -0.278. The minimum absolute atomic E-state index is 0.222. The predicted molar refractivity (Wildman–Crippen MR) is 88.9 cm³/mol. The van der Waals surface area contributed by atoms with E-state index in [9.17, 15) is 18.4 Å². The van der Waals surface area contributed by atoms with Gasteiger partial charge in [-0.15, -0.1) is 0 Å². The van der Waals surface area contributed by atoms with Gasteiger partial charge in [-0.1, -0.05) is 35.9 Å². The van der Waals surface area contributed by atoms with Gasteiger partial charge in [-0.25, -0.2) is 13.6 Å². The number of rotatable bonds is 6. The van der Waals surface area contributed by atoms with Gasteiger partial charge < -0.3 is 10.1 Å². The van der Waals surface area contributed by atoms with Crippen molar-refractivity contribution in [1.29, 1.82) is 0 Å². The van der Waals surface area contributed by atoms with Gasteiger partial charge in [-0.05, 0) is 24.6 Å². The Hall–Kier alpha value is -2.76. The summed E-state index contributed by atoms with van der Waals surface area (Å²) in [6, 6.07) is 9.91. The molecule has 0 fully saturated rings. The molecule has 6 heteroatoms. The second-order valence-electron chi connectivity index (χ2n) is 5.71. The maximum absolute atomic E-state index is 13.7. The molecule has 0 bridgehead atoms. The van der Waals surface area contributed by atoms with E-state index < -0.39 is 36.0 Å². The molecule has 2 aromatic carbocycles. The summed E-state index contributed by atoms with van der Waals surface area (Å²) >= 11 is 0. The lowest BCUT2D eigenvalue weighted by atomic mass is 10.0. The molecule has 0 aliphatic heterocycles. The molecule has 1 N–H and O–H groups in total. The quantitative estimate of drug-likeness (QED) is 0.818. The highest BCUT2D eigenvalue weighted by Crippen LogP contribution is 2.13. The summed E-state index contributed by atoms with van der Waals surface area (Å²) in [5.74, 6) is -2.89. The van der Waals surface area contributed by atoms with Gasteiger partial charge in [0, 0.05) is 12.0 Å². The number of amides is 1. The third-order valence-electron chi connectivity index (χ3n) is 3.74. The van der Waals surface area contributed by atoms with Crippen LogP contribution in [0.1, 0.15) is 16.7 Å². The van der Waals surface area contributed by atoms with Crippen molar-refractivity contribution in [3.8, 4) is 0 Å². The van der Waals surface area contributed by atoms with E-state index in [4.69, 9.17) is 4.74 Å². The van der Waals surface area contributed by atoms with Crippen LogP contribution in [0.2, 0.25) is 0 Å². The molecule has 0 spiro atoms. The van der Waals surface area contributed by atoms with Crippen molar-refractivity contribution >= 4 is 11.9 Å². The Labute approximate surface area is 144 Å². The average Bonchev–Trinajstić information content (AvgIpc) is 2.57. The Kier molecular flexibility index (Phi) is 6.22. The largest absolute Gasteiger partial charge is 0.467 e. The number of carbonyl (C=O) groups excluding carboxylic acids is 2. The molecule has 132 valence electrons. The van der Waals surface area contributed by atoms with Crippen molar-refractivity contribution in [1.82, 2.24) is 5.32 Å². The highest BCUT2D eigenvalue weighted by Gasteiger charge is 2.23. The fourth-order valence-electron chi connectivity index (χ4n) is 2.52. The first-order valence-corrected chi connectivity index (χ1v) is 7.76. The van der Waals surface area contributed by atoms with Gasteiger partial charge in [0.05, 0.1) is 13.5 Å². The summed E-state index contributed by atoms with van der Waals surface area (Å²) in [5, 5.41) is 2.49. The Morgan fingerprint density at radius 1 is 1.12 bits per heavy atom. The van der Waals surface area contributed by atoms with Gasteiger partial charge in [0.1, 0.15) is 17.7 Å². The third-order valence-corrected chi connectivity index (χ3v) is 3.74. The van der Waals surface area contributed by atoms with Crippen molar-refractivity contribution in [3.05, 3.63) is 70.8 Å². The number of carbonyl (C=O) groups is 2. The first-order chi connectivity index (χ1) is 11.9. The zero-order chi connectivity index (χ0) is 18.4. The number of benzene rings is 2. The van der Waals surface area contributed by atoms with Crippen LogP contribution in [0.15, 0.2) is 42.5 Å². The van der Waals surface area contributed by atoms with E-state index in [2.05, 4.69) is 5.32 Å². The fraction of sp³-hybridized carbons (Fsp3) is 0.263. The van der Waals surface area contributed by atoms with Crippen LogP contribution >= 0.6 is 0 Å². The van der Waals surface area contributed by atoms with E-state index in [0.717, 1.165) is 23.3 Å². The number of hydrogen-bond donors (Lipinski definition) is 1. The lowest BCUT2D eigenvalue weighted by molar-refractivity contribution is -0.145. The Bertz CT molecular complexity index is 757. The molecule has 0 unspecified atom stereocenters. The van der Waals surface area contributed by atoms with Crippen molar-refractivity contribution in [3.63, 3.8) is 0 Å². The number of ether oxygens (including phenoxy) is 1. The standard InChI is InChI=1S/C19H19F2NO3/c1-12-5-3-6-13(9-12)10-17(19(24)25-2)22-18(23)11-14-15(20)7-4-8-16(14)21/h3-9,17H,10-11H2,1-2H3,(H,22,23)/t17-/m0/s1. The summed E-state index contributed by atoms with van der Waals surface area (Å²) in [6.45, 7) is 1.91. The van der Waals surface area contributed by atoms with Crippen molar-refractivity contribution < 1.29 is 23.1 Å². The minimum Gasteiger partial charge on any atom is -0.467 e. The van der Waals surface area contributed by atoms with Crippen molar-refractivity contribution in [2.75, 3.05) is 7.11 Å². The van der Waals surface area contributed by atoms with E-state index in [0.29, 0.717) is 0 Å². The summed E-state index contributed by atoms with van der Waals surface area (Å²) in [4.78, 5) is 24.1. The molecular weight excluding hydrogens is 328 g/mol. The van der Waals surface area contributed by atoms with Gasteiger partial charge in [0.2, 0.25) is 5.91 Å². The second-order valence-corrected chi connectivity index (χ2v) is 5.71. The van der Waals surface area contributed by atoms with Gasteiger partial charge in [-0.2, -0.15) is 0 Å². The van der Waals surface area contributed by atoms with Crippen LogP contribution < -0.4 is 5.32 Å². The van der Waals surface area contributed by atoms with E-state index >= 15 is 0 Å².